The minimum absolute atomic E-state index is 0. The van der Waals surface area contributed by atoms with Crippen LogP contribution in [0.4, 0.5) is 0 Å². The van der Waals surface area contributed by atoms with Crippen LogP contribution in [0.2, 0.25) is 0 Å². The number of hydrogen-bond acceptors (Lipinski definition) is 6. The van der Waals surface area contributed by atoms with E-state index in [1.807, 2.05) is 54.6 Å². The van der Waals surface area contributed by atoms with Crippen LogP contribution in [-0.2, 0) is 22.6 Å². The van der Waals surface area contributed by atoms with Crippen molar-refractivity contribution in [2.45, 2.75) is 32.4 Å². The smallest absolute Gasteiger partial charge is 0.352 e. The normalized spacial score (nSPS) is 16.5. The van der Waals surface area contributed by atoms with E-state index in [1.54, 1.807) is 6.07 Å². The molecule has 2 atom stereocenters. The van der Waals surface area contributed by atoms with Gasteiger partial charge in [0.1, 0.15) is 5.69 Å². The molecule has 207 valence electrons. The van der Waals surface area contributed by atoms with E-state index >= 15 is 0 Å². The molecule has 4 aromatic carbocycles. The molecule has 0 aliphatic carbocycles. The number of carbonyl (C=O) groups excluding carboxylic acids is 1. The first-order chi connectivity index (χ1) is 20.1. The van der Waals surface area contributed by atoms with Gasteiger partial charge in [-0.25, -0.2) is 9.78 Å². The van der Waals surface area contributed by atoms with E-state index in [0.29, 0.717) is 5.75 Å². The Morgan fingerprint density at radius 1 is 0.857 bits per heavy atom. The van der Waals surface area contributed by atoms with Gasteiger partial charge in [-0.2, -0.15) is 0 Å². The van der Waals surface area contributed by atoms with Gasteiger partial charge in [-0.15, -0.1) is 0 Å². The van der Waals surface area contributed by atoms with Crippen molar-refractivity contribution < 1.29 is 19.0 Å². The molecule has 6 nitrogen and oxygen atoms in total. The zero-order valence-electron chi connectivity index (χ0n) is 24.0. The van der Waals surface area contributed by atoms with E-state index in [4.69, 9.17) is 19.2 Å². The van der Waals surface area contributed by atoms with Crippen LogP contribution >= 0.6 is 0 Å². The SMILES string of the molecule is CC(=O)OOc1cccc(CC2CCN(Cc3ccccc3)C2c2nc(-c3ccccc3)c(-c3ccccc3)o2)c1.[Na]. The van der Waals surface area contributed by atoms with Crippen molar-refractivity contribution in [3.63, 3.8) is 0 Å². The average molecular weight is 568 g/mol. The number of aromatic nitrogens is 1. The molecule has 5 aromatic rings. The molecule has 1 aliphatic rings. The first-order valence-corrected chi connectivity index (χ1v) is 14.0. The summed E-state index contributed by atoms with van der Waals surface area (Å²) < 4.78 is 6.73. The largest absolute Gasteiger partial charge is 0.438 e. The maximum atomic E-state index is 11.2. The summed E-state index contributed by atoms with van der Waals surface area (Å²) in [5, 5.41) is 0. The van der Waals surface area contributed by atoms with Crippen LogP contribution in [-0.4, -0.2) is 52.0 Å². The Kier molecular flexibility index (Phi) is 9.93. The Balaban J connectivity index is 0.00000353. The minimum Gasteiger partial charge on any atom is -0.438 e. The Bertz CT molecular complexity index is 1530. The molecule has 0 amide bonds. The van der Waals surface area contributed by atoms with Crippen molar-refractivity contribution >= 4 is 35.5 Å². The number of hydrogen-bond donors (Lipinski definition) is 0. The molecule has 0 N–H and O–H groups in total. The molecule has 2 heterocycles. The molecule has 1 aromatic heterocycles. The van der Waals surface area contributed by atoms with Crippen LogP contribution in [0.1, 0.15) is 36.4 Å². The van der Waals surface area contributed by atoms with Gasteiger partial charge in [-0.3, -0.25) is 14.7 Å². The number of oxazole rings is 1. The number of rotatable bonds is 9. The molecule has 0 saturated carbocycles. The number of benzene rings is 4. The van der Waals surface area contributed by atoms with Crippen molar-refractivity contribution in [1.82, 2.24) is 9.88 Å². The second-order valence-corrected chi connectivity index (χ2v) is 10.4. The van der Waals surface area contributed by atoms with Crippen molar-refractivity contribution in [3.05, 3.63) is 132 Å². The van der Waals surface area contributed by atoms with Gasteiger partial charge in [0.15, 0.2) is 11.5 Å². The molecule has 0 spiro atoms. The van der Waals surface area contributed by atoms with Gasteiger partial charge in [0.2, 0.25) is 5.89 Å². The number of carbonyl (C=O) groups is 1. The van der Waals surface area contributed by atoms with Crippen LogP contribution in [0.3, 0.4) is 0 Å². The molecule has 6 rings (SSSR count). The Morgan fingerprint density at radius 2 is 1.50 bits per heavy atom. The number of likely N-dealkylation sites (tertiary alicyclic amines) is 1. The topological polar surface area (TPSA) is 64.8 Å². The summed E-state index contributed by atoms with van der Waals surface area (Å²) in [6.07, 6.45) is 1.80. The molecule has 42 heavy (non-hydrogen) atoms. The third kappa shape index (κ3) is 7.02. The second kappa shape index (κ2) is 14.0. The van der Waals surface area contributed by atoms with E-state index in [2.05, 4.69) is 59.5 Å². The molecular weight excluding hydrogens is 535 g/mol. The zero-order valence-corrected chi connectivity index (χ0v) is 26.0. The Hall–Kier alpha value is -3.68. The summed E-state index contributed by atoms with van der Waals surface area (Å²) >= 11 is 0. The Labute approximate surface area is 268 Å². The van der Waals surface area contributed by atoms with Crippen LogP contribution in [0.15, 0.2) is 120 Å². The van der Waals surface area contributed by atoms with Gasteiger partial charge in [0.05, 0.1) is 6.04 Å². The summed E-state index contributed by atoms with van der Waals surface area (Å²) in [4.78, 5) is 28.9. The monoisotopic (exact) mass is 567 g/mol. The molecule has 1 saturated heterocycles. The van der Waals surface area contributed by atoms with Gasteiger partial charge in [-0.1, -0.05) is 103 Å². The third-order valence-electron chi connectivity index (χ3n) is 7.49. The fraction of sp³-hybridized carbons (Fsp3) is 0.200. The minimum atomic E-state index is -0.491. The number of nitrogens with zero attached hydrogens (tertiary/aromatic N) is 2. The molecule has 1 aliphatic heterocycles. The Morgan fingerprint density at radius 3 is 2.19 bits per heavy atom. The quantitative estimate of drug-likeness (QED) is 0.106. The fourth-order valence-electron chi connectivity index (χ4n) is 5.67. The summed E-state index contributed by atoms with van der Waals surface area (Å²) in [5.74, 6) is 1.79. The predicted octanol–water partition coefficient (Wildman–Crippen LogP) is 7.29. The van der Waals surface area contributed by atoms with E-state index < -0.39 is 5.97 Å². The van der Waals surface area contributed by atoms with Gasteiger partial charge in [0.25, 0.3) is 0 Å². The van der Waals surface area contributed by atoms with Crippen LogP contribution in [0.25, 0.3) is 22.6 Å². The summed E-state index contributed by atoms with van der Waals surface area (Å²) in [6, 6.07) is 38.7. The molecule has 1 radical (unpaired) electrons. The summed E-state index contributed by atoms with van der Waals surface area (Å²) in [7, 11) is 0. The van der Waals surface area contributed by atoms with E-state index in [-0.39, 0.29) is 41.5 Å². The van der Waals surface area contributed by atoms with Crippen LogP contribution in [0, 0.1) is 5.92 Å². The van der Waals surface area contributed by atoms with Crippen LogP contribution < -0.4 is 4.89 Å². The maximum absolute atomic E-state index is 11.2. The molecule has 2 unspecified atom stereocenters. The predicted molar refractivity (Wildman–Crippen MR) is 163 cm³/mol. The van der Waals surface area contributed by atoms with Gasteiger partial charge in [-0.05, 0) is 48.6 Å². The van der Waals surface area contributed by atoms with E-state index in [0.717, 1.165) is 60.0 Å². The second-order valence-electron chi connectivity index (χ2n) is 10.4. The van der Waals surface area contributed by atoms with Crippen molar-refractivity contribution in [2.24, 2.45) is 5.92 Å². The average Bonchev–Trinajstić information content (AvgIpc) is 3.62. The molecule has 0 bridgehead atoms. The van der Waals surface area contributed by atoms with Crippen molar-refractivity contribution in [1.29, 1.82) is 0 Å². The van der Waals surface area contributed by atoms with Gasteiger partial charge in [0, 0.05) is 54.2 Å². The molecule has 7 heteroatoms. The first-order valence-electron chi connectivity index (χ1n) is 14.0. The summed E-state index contributed by atoms with van der Waals surface area (Å²) in [6.45, 7) is 3.05. The van der Waals surface area contributed by atoms with Gasteiger partial charge >= 0.3 is 5.97 Å². The summed E-state index contributed by atoms with van der Waals surface area (Å²) in [5.41, 5.74) is 5.25. The van der Waals surface area contributed by atoms with Crippen molar-refractivity contribution in [3.8, 4) is 28.3 Å². The van der Waals surface area contributed by atoms with Crippen LogP contribution in [0.5, 0.6) is 5.75 Å². The molecule has 1 fully saturated rings. The fourth-order valence-corrected chi connectivity index (χ4v) is 5.67. The van der Waals surface area contributed by atoms with Gasteiger partial charge < -0.3 is 4.42 Å². The van der Waals surface area contributed by atoms with Crippen molar-refractivity contribution in [2.75, 3.05) is 6.54 Å². The third-order valence-corrected chi connectivity index (χ3v) is 7.49. The first kappa shape index (κ1) is 29.8. The van der Waals surface area contributed by atoms with E-state index in [9.17, 15) is 4.79 Å². The molecular formula is C35H32N2NaO4. The zero-order chi connectivity index (χ0) is 28.0. The maximum Gasteiger partial charge on any atom is 0.352 e. The standard InChI is InChI=1S/C35H32N2O4.Na/c1-25(38)40-41-31-19-11-14-27(23-31)22-30-20-21-37(24-26-12-5-2-6-13-26)33(30)35-36-32(28-15-7-3-8-16-28)34(39-35)29-17-9-4-10-18-29;/h2-19,23,30,33H,20-22,24H2,1H3;. The van der Waals surface area contributed by atoms with E-state index in [1.165, 1.54) is 12.5 Å².